The van der Waals surface area contributed by atoms with Crippen LogP contribution in [0.25, 0.3) is 0 Å². The highest BCUT2D eigenvalue weighted by Crippen LogP contribution is 2.65. The minimum absolute atomic E-state index is 0.176. The lowest BCUT2D eigenvalue weighted by atomic mass is 9.43. The van der Waals surface area contributed by atoms with E-state index < -0.39 is 47.8 Å². The topological polar surface area (TPSA) is 121 Å². The number of azo groups is 1. The second-order valence-electron chi connectivity index (χ2n) is 7.38. The molecule has 8 atom stereocenters. The van der Waals surface area contributed by atoms with Crippen molar-refractivity contribution in [2.45, 2.75) is 12.1 Å². The molecular formula is C18H16N2O7. The molecule has 0 spiro atoms. The van der Waals surface area contributed by atoms with E-state index in [4.69, 9.17) is 14.2 Å². The molecule has 2 aliphatic heterocycles. The lowest BCUT2D eigenvalue weighted by molar-refractivity contribution is -0.154. The Bertz CT molecular complexity index is 820. The predicted octanol–water partition coefficient (Wildman–Crippen LogP) is 0.210. The van der Waals surface area contributed by atoms with Gasteiger partial charge in [-0.15, -0.1) is 0 Å². The minimum Gasteiger partial charge on any atom is -0.467 e. The number of allylic oxidation sites excluding steroid dienone is 2. The van der Waals surface area contributed by atoms with Gasteiger partial charge in [-0.25, -0.2) is 9.59 Å². The molecule has 2 heterocycles. The van der Waals surface area contributed by atoms with Gasteiger partial charge in [-0.1, -0.05) is 12.2 Å². The third-order valence-electron chi connectivity index (χ3n) is 6.52. The van der Waals surface area contributed by atoms with Crippen LogP contribution in [0.5, 0.6) is 0 Å². The van der Waals surface area contributed by atoms with Gasteiger partial charge < -0.3 is 14.2 Å². The average molecular weight is 372 g/mol. The van der Waals surface area contributed by atoms with Crippen LogP contribution in [0.1, 0.15) is 0 Å². The van der Waals surface area contributed by atoms with Crippen LogP contribution >= 0.6 is 0 Å². The van der Waals surface area contributed by atoms with Crippen molar-refractivity contribution in [2.24, 2.45) is 45.7 Å². The predicted molar refractivity (Wildman–Crippen MR) is 84.7 cm³/mol. The van der Waals surface area contributed by atoms with Crippen molar-refractivity contribution in [3.63, 3.8) is 0 Å². The molecule has 140 valence electrons. The number of hydrogen-bond donors (Lipinski definition) is 0. The molecule has 0 aromatic rings. The maximum absolute atomic E-state index is 12.2. The lowest BCUT2D eigenvalue weighted by Crippen LogP contribution is -2.60. The molecule has 0 aromatic carbocycles. The summed E-state index contributed by atoms with van der Waals surface area (Å²) in [7, 11) is 2.52. The first-order valence-corrected chi connectivity index (χ1v) is 8.73. The molecule has 0 radical (unpaired) electrons. The number of esters is 4. The number of hydrogen-bond acceptors (Lipinski definition) is 9. The molecule has 0 aromatic heterocycles. The standard InChI is InChI=1S/C18H16N2O7/c1-25-17(23)13-11-7-5-3-4-6(10-9(5)15(21)27-16(10)22)8(7)12(11)14(20-19-13)18(24)26-2/h3-10,13-14H,1-2H3. The summed E-state index contributed by atoms with van der Waals surface area (Å²) in [6.07, 6.45) is 3.84. The molecule has 6 rings (SSSR count). The fourth-order valence-electron chi connectivity index (χ4n) is 5.58. The number of nitrogens with zero attached hydrogens (tertiary/aromatic N) is 2. The van der Waals surface area contributed by atoms with Crippen molar-refractivity contribution in [1.82, 2.24) is 0 Å². The van der Waals surface area contributed by atoms with Crippen LogP contribution in [0.2, 0.25) is 0 Å². The molecule has 9 nitrogen and oxygen atoms in total. The molecule has 4 aliphatic carbocycles. The van der Waals surface area contributed by atoms with Gasteiger partial charge >= 0.3 is 23.9 Å². The van der Waals surface area contributed by atoms with Gasteiger partial charge in [-0.05, 0) is 34.8 Å². The summed E-state index contributed by atoms with van der Waals surface area (Å²) >= 11 is 0. The second-order valence-corrected chi connectivity index (χ2v) is 7.38. The van der Waals surface area contributed by atoms with Crippen LogP contribution in [0, 0.1) is 35.5 Å². The molecule has 2 bridgehead atoms. The van der Waals surface area contributed by atoms with Crippen LogP contribution in [0.15, 0.2) is 33.5 Å². The largest absolute Gasteiger partial charge is 0.467 e. The van der Waals surface area contributed by atoms with Crippen LogP contribution in [0.3, 0.4) is 0 Å². The number of cyclic esters (lactones) is 2. The molecular weight excluding hydrogens is 356 g/mol. The Morgan fingerprint density at radius 3 is 1.59 bits per heavy atom. The number of carbonyl (C=O) groups is 4. The van der Waals surface area contributed by atoms with E-state index in [0.717, 1.165) is 0 Å². The zero-order valence-corrected chi connectivity index (χ0v) is 14.5. The smallest absolute Gasteiger partial charge is 0.336 e. The van der Waals surface area contributed by atoms with Gasteiger partial charge in [0.25, 0.3) is 0 Å². The fourth-order valence-corrected chi connectivity index (χ4v) is 5.58. The highest BCUT2D eigenvalue weighted by molar-refractivity contribution is 5.98. The van der Waals surface area contributed by atoms with Crippen molar-refractivity contribution >= 4 is 23.9 Å². The number of ether oxygens (including phenoxy) is 3. The number of rotatable bonds is 2. The maximum Gasteiger partial charge on any atom is 0.336 e. The van der Waals surface area contributed by atoms with Crippen LogP contribution in [-0.4, -0.2) is 50.2 Å². The molecule has 0 amide bonds. The van der Waals surface area contributed by atoms with E-state index >= 15 is 0 Å². The van der Waals surface area contributed by atoms with E-state index in [1.807, 2.05) is 12.2 Å². The Balaban J connectivity index is 1.63. The monoisotopic (exact) mass is 372 g/mol. The van der Waals surface area contributed by atoms with Gasteiger partial charge in [0.1, 0.15) is 0 Å². The summed E-state index contributed by atoms with van der Waals surface area (Å²) in [6, 6.07) is -1.88. The van der Waals surface area contributed by atoms with Crippen molar-refractivity contribution in [1.29, 1.82) is 0 Å². The molecule has 27 heavy (non-hydrogen) atoms. The van der Waals surface area contributed by atoms with Crippen molar-refractivity contribution in [3.8, 4) is 0 Å². The number of methoxy groups -OCH3 is 2. The Kier molecular flexibility index (Phi) is 3.23. The molecule has 1 saturated heterocycles. The zero-order chi connectivity index (χ0) is 19.0. The molecule has 2 fully saturated rings. The first-order chi connectivity index (χ1) is 13.0. The van der Waals surface area contributed by atoms with Crippen molar-refractivity contribution < 1.29 is 33.4 Å². The normalized spacial score (nSPS) is 42.7. The molecule has 8 unspecified atom stereocenters. The Morgan fingerprint density at radius 2 is 1.22 bits per heavy atom. The first kappa shape index (κ1) is 16.3. The molecule has 1 saturated carbocycles. The second kappa shape index (κ2) is 5.34. The summed E-state index contributed by atoms with van der Waals surface area (Å²) in [5, 5.41) is 8.02. The molecule has 0 N–H and O–H groups in total. The van der Waals surface area contributed by atoms with Gasteiger partial charge in [-0.2, -0.15) is 10.2 Å². The van der Waals surface area contributed by atoms with Crippen molar-refractivity contribution in [2.75, 3.05) is 14.2 Å². The fraction of sp³-hybridized carbons (Fsp3) is 0.556. The summed E-state index contributed by atoms with van der Waals surface area (Å²) in [5.41, 5.74) is 1.34. The van der Waals surface area contributed by atoms with Gasteiger partial charge in [0.2, 0.25) is 0 Å². The summed E-state index contributed by atoms with van der Waals surface area (Å²) < 4.78 is 14.6. The Labute approximate surface area is 153 Å². The van der Waals surface area contributed by atoms with E-state index in [1.165, 1.54) is 14.2 Å². The SMILES string of the molecule is COC(=O)C1N=NC(C(=O)OC)C2=C1C1C3C=CC(C4C(=O)OC(=O)C34)C21. The lowest BCUT2D eigenvalue weighted by Gasteiger charge is -2.58. The molecule has 9 heteroatoms. The minimum atomic E-state index is -0.938. The Morgan fingerprint density at radius 1 is 0.815 bits per heavy atom. The van der Waals surface area contributed by atoms with Gasteiger partial charge in [0, 0.05) is 0 Å². The third kappa shape index (κ3) is 1.84. The van der Waals surface area contributed by atoms with Gasteiger partial charge in [0.15, 0.2) is 12.1 Å². The maximum atomic E-state index is 12.2. The van der Waals surface area contributed by atoms with Crippen molar-refractivity contribution in [3.05, 3.63) is 23.3 Å². The number of carbonyl (C=O) groups excluding carboxylic acids is 4. The third-order valence-corrected chi connectivity index (χ3v) is 6.52. The molecule has 6 aliphatic rings. The summed E-state index contributed by atoms with van der Waals surface area (Å²) in [4.78, 5) is 48.9. The van der Waals surface area contributed by atoms with E-state index in [2.05, 4.69) is 10.2 Å². The van der Waals surface area contributed by atoms with Crippen LogP contribution < -0.4 is 0 Å². The van der Waals surface area contributed by atoms with E-state index in [1.54, 1.807) is 0 Å². The highest BCUT2D eigenvalue weighted by atomic mass is 16.6. The van der Waals surface area contributed by atoms with Gasteiger partial charge in [0.05, 0.1) is 26.1 Å². The van der Waals surface area contributed by atoms with E-state index in [0.29, 0.717) is 11.1 Å². The zero-order valence-electron chi connectivity index (χ0n) is 14.5. The average Bonchev–Trinajstić information content (AvgIpc) is 2.98. The van der Waals surface area contributed by atoms with Crippen LogP contribution in [0.4, 0.5) is 0 Å². The summed E-state index contributed by atoms with van der Waals surface area (Å²) in [6.45, 7) is 0. The van der Waals surface area contributed by atoms with Gasteiger partial charge in [-0.3, -0.25) is 9.59 Å². The highest BCUT2D eigenvalue weighted by Gasteiger charge is 2.68. The quantitative estimate of drug-likeness (QED) is 0.294. The Hall–Kier alpha value is -2.84. The van der Waals surface area contributed by atoms with E-state index in [9.17, 15) is 19.2 Å². The van der Waals surface area contributed by atoms with Crippen LogP contribution in [-0.2, 0) is 33.4 Å². The van der Waals surface area contributed by atoms with E-state index in [-0.39, 0.29) is 23.7 Å². The first-order valence-electron chi connectivity index (χ1n) is 8.73. The summed E-state index contributed by atoms with van der Waals surface area (Å²) in [5.74, 6) is -4.20.